The molecule has 0 amide bonds. The lowest BCUT2D eigenvalue weighted by molar-refractivity contribution is 0.200. The van der Waals surface area contributed by atoms with Crippen molar-refractivity contribution in [1.82, 2.24) is 24.4 Å². The first kappa shape index (κ1) is 29.1. The van der Waals surface area contributed by atoms with Crippen LogP contribution >= 0.6 is 0 Å². The zero-order valence-corrected chi connectivity index (χ0v) is 26.2. The molecule has 0 atom stereocenters. The molecule has 3 aromatic heterocycles. The maximum atomic E-state index is 12.5. The van der Waals surface area contributed by atoms with E-state index in [1.165, 1.54) is 12.7 Å². The first-order valence-electron chi connectivity index (χ1n) is 16.1. The lowest BCUT2D eigenvalue weighted by Crippen LogP contribution is -2.50. The highest BCUT2D eigenvalue weighted by molar-refractivity contribution is 5.84. The molecule has 2 aliphatic rings. The van der Waals surface area contributed by atoms with Crippen LogP contribution in [0.3, 0.4) is 0 Å². The Morgan fingerprint density at radius 1 is 0.851 bits per heavy atom. The summed E-state index contributed by atoms with van der Waals surface area (Å²) >= 11 is 0. The van der Waals surface area contributed by atoms with Gasteiger partial charge in [-0.2, -0.15) is 0 Å². The number of aromatic nitrogens is 4. The number of ether oxygens (including phenoxy) is 1. The van der Waals surface area contributed by atoms with Crippen LogP contribution in [0.5, 0.6) is 5.75 Å². The van der Waals surface area contributed by atoms with Crippen molar-refractivity contribution in [1.29, 1.82) is 0 Å². The number of methoxy groups -OCH3 is 1. The average molecular weight is 626 g/mol. The van der Waals surface area contributed by atoms with Crippen molar-refractivity contribution in [2.45, 2.75) is 44.3 Å². The third-order valence-corrected chi connectivity index (χ3v) is 9.45. The second-order valence-corrected chi connectivity index (χ2v) is 12.5. The predicted octanol–water partition coefficient (Wildman–Crippen LogP) is 4.97. The molecular weight excluding hydrogens is 590 g/mol. The Bertz CT molecular complexity index is 2140. The van der Waals surface area contributed by atoms with Crippen molar-refractivity contribution in [3.8, 4) is 34.1 Å². The number of imidazole rings is 1. The molecule has 2 fully saturated rings. The van der Waals surface area contributed by atoms with E-state index in [2.05, 4.69) is 55.7 Å². The second-order valence-electron chi connectivity index (χ2n) is 12.5. The monoisotopic (exact) mass is 625 g/mol. The van der Waals surface area contributed by atoms with Crippen molar-refractivity contribution in [3.63, 3.8) is 0 Å². The van der Waals surface area contributed by atoms with Gasteiger partial charge in [0.05, 0.1) is 18.4 Å². The van der Waals surface area contributed by atoms with E-state index in [4.69, 9.17) is 20.4 Å². The first-order chi connectivity index (χ1) is 23.0. The topological polar surface area (TPSA) is 119 Å². The van der Waals surface area contributed by atoms with Crippen LogP contribution in [0.2, 0.25) is 0 Å². The number of anilines is 2. The second kappa shape index (κ2) is 11.8. The van der Waals surface area contributed by atoms with Crippen LogP contribution in [0.15, 0.2) is 94.6 Å². The van der Waals surface area contributed by atoms with Gasteiger partial charge in [0, 0.05) is 49.2 Å². The number of hydrogen-bond acceptors (Lipinski definition) is 9. The zero-order chi connectivity index (χ0) is 32.1. The van der Waals surface area contributed by atoms with Crippen molar-refractivity contribution < 1.29 is 4.74 Å². The minimum absolute atomic E-state index is 0.232. The highest BCUT2D eigenvalue weighted by Crippen LogP contribution is 2.39. The molecule has 4 heterocycles. The SMILES string of the molecule is COc1c(N(C2CC2)C2CCN(Cc3ccc(-n4c(-c5cccnc5N)nc5ccc(-c6ccccc6)nc54)cc3)CC2)c(=O)c1=O. The third kappa shape index (κ3) is 5.24. The van der Waals surface area contributed by atoms with Crippen LogP contribution in [0.25, 0.3) is 39.5 Å². The summed E-state index contributed by atoms with van der Waals surface area (Å²) in [7, 11) is 1.47. The van der Waals surface area contributed by atoms with Crippen LogP contribution in [-0.2, 0) is 6.54 Å². The Labute approximate surface area is 271 Å². The fourth-order valence-corrected chi connectivity index (χ4v) is 6.92. The summed E-state index contributed by atoms with van der Waals surface area (Å²) in [6.07, 6.45) is 5.66. The van der Waals surface area contributed by atoms with Gasteiger partial charge in [-0.1, -0.05) is 42.5 Å². The Hall–Kier alpha value is -5.35. The molecule has 0 unspecified atom stereocenters. The first-order valence-corrected chi connectivity index (χ1v) is 16.1. The molecule has 236 valence electrons. The van der Waals surface area contributed by atoms with Crippen LogP contribution in [0, 0.1) is 0 Å². The van der Waals surface area contributed by atoms with Crippen molar-refractivity contribution in [2.24, 2.45) is 0 Å². The van der Waals surface area contributed by atoms with Gasteiger partial charge in [0.1, 0.15) is 17.0 Å². The van der Waals surface area contributed by atoms with Crippen LogP contribution in [0.4, 0.5) is 11.5 Å². The molecule has 2 N–H and O–H groups in total. The fourth-order valence-electron chi connectivity index (χ4n) is 6.92. The Balaban J connectivity index is 1.04. The summed E-state index contributed by atoms with van der Waals surface area (Å²) < 4.78 is 7.36. The summed E-state index contributed by atoms with van der Waals surface area (Å²) in [5, 5.41) is 0. The van der Waals surface area contributed by atoms with Crippen molar-refractivity contribution >= 4 is 22.7 Å². The van der Waals surface area contributed by atoms with Gasteiger partial charge in [-0.05, 0) is 67.6 Å². The van der Waals surface area contributed by atoms with E-state index in [0.717, 1.165) is 79.0 Å². The van der Waals surface area contributed by atoms with Gasteiger partial charge in [-0.15, -0.1) is 0 Å². The van der Waals surface area contributed by atoms with E-state index in [1.54, 1.807) is 6.20 Å². The minimum atomic E-state index is -0.499. The quantitative estimate of drug-likeness (QED) is 0.222. The molecule has 8 rings (SSSR count). The largest absolute Gasteiger partial charge is 0.491 e. The number of likely N-dealkylation sites (tertiary alicyclic amines) is 1. The molecule has 1 aliphatic carbocycles. The molecule has 0 bridgehead atoms. The van der Waals surface area contributed by atoms with Crippen LogP contribution < -0.4 is 26.2 Å². The molecule has 1 saturated carbocycles. The number of piperidine rings is 1. The number of rotatable bonds is 9. The van der Waals surface area contributed by atoms with Gasteiger partial charge in [0.25, 0.3) is 10.9 Å². The molecule has 0 radical (unpaired) electrons. The molecule has 1 saturated heterocycles. The number of nitrogen functional groups attached to an aromatic ring is 1. The standard InChI is InChI=1S/C37H35N7O3/c1-47-34-31(32(45)33(34)46)43(25-13-14-25)27-17-20-42(21-18-27)22-23-9-11-26(12-10-23)44-36(28-8-5-19-39-35(28)38)41-30-16-15-29(40-37(30)44)24-6-3-2-4-7-24/h2-12,15-16,19,25,27H,13-14,17-18,20-22H2,1H3,(H2,38,39). The smallest absolute Gasteiger partial charge is 0.272 e. The normalized spacial score (nSPS) is 15.8. The number of nitrogens with zero attached hydrogens (tertiary/aromatic N) is 6. The van der Waals surface area contributed by atoms with Gasteiger partial charge in [0.2, 0.25) is 0 Å². The van der Waals surface area contributed by atoms with Crippen LogP contribution in [-0.4, -0.2) is 56.7 Å². The third-order valence-electron chi connectivity index (χ3n) is 9.45. The van der Waals surface area contributed by atoms with Crippen molar-refractivity contribution in [2.75, 3.05) is 30.8 Å². The van der Waals surface area contributed by atoms with Gasteiger partial charge in [-0.25, -0.2) is 15.0 Å². The van der Waals surface area contributed by atoms with E-state index >= 15 is 0 Å². The highest BCUT2D eigenvalue weighted by Gasteiger charge is 2.41. The molecule has 0 spiro atoms. The van der Waals surface area contributed by atoms with E-state index in [0.29, 0.717) is 23.4 Å². The minimum Gasteiger partial charge on any atom is -0.491 e. The average Bonchev–Trinajstić information content (AvgIpc) is 3.88. The number of benzene rings is 2. The van der Waals surface area contributed by atoms with Gasteiger partial charge < -0.3 is 15.4 Å². The molecule has 10 heteroatoms. The van der Waals surface area contributed by atoms with E-state index in [9.17, 15) is 9.59 Å². The molecule has 10 nitrogen and oxygen atoms in total. The van der Waals surface area contributed by atoms with Gasteiger partial charge in [-0.3, -0.25) is 19.1 Å². The van der Waals surface area contributed by atoms with E-state index in [1.807, 2.05) is 42.5 Å². The van der Waals surface area contributed by atoms with Crippen LogP contribution in [0.1, 0.15) is 31.2 Å². The van der Waals surface area contributed by atoms with E-state index < -0.39 is 10.9 Å². The number of fused-ring (bicyclic) bond motifs is 1. The molecular formula is C37H35N7O3. The lowest BCUT2D eigenvalue weighted by atomic mass is 10.00. The highest BCUT2D eigenvalue weighted by atomic mass is 16.5. The summed E-state index contributed by atoms with van der Waals surface area (Å²) in [5.41, 5.74) is 12.3. The molecule has 47 heavy (non-hydrogen) atoms. The summed E-state index contributed by atoms with van der Waals surface area (Å²) in [6, 6.07) is 27.1. The zero-order valence-electron chi connectivity index (χ0n) is 26.2. The maximum absolute atomic E-state index is 12.5. The summed E-state index contributed by atoms with van der Waals surface area (Å²) in [4.78, 5) is 43.5. The number of nitrogens with two attached hydrogens (primary N) is 1. The molecule has 6 aromatic rings. The fraction of sp³-hybridized carbons (Fsp3) is 0.270. The summed E-state index contributed by atoms with van der Waals surface area (Å²) in [5.74, 6) is 1.34. The number of hydrogen-bond donors (Lipinski definition) is 1. The van der Waals surface area contributed by atoms with Gasteiger partial charge >= 0.3 is 0 Å². The van der Waals surface area contributed by atoms with Gasteiger partial charge in [0.15, 0.2) is 17.2 Å². The Morgan fingerprint density at radius 2 is 1.60 bits per heavy atom. The summed E-state index contributed by atoms with van der Waals surface area (Å²) in [6.45, 7) is 2.65. The lowest BCUT2D eigenvalue weighted by Gasteiger charge is -2.40. The van der Waals surface area contributed by atoms with Crippen molar-refractivity contribution in [3.05, 3.63) is 111 Å². The maximum Gasteiger partial charge on any atom is 0.272 e. The Morgan fingerprint density at radius 3 is 2.30 bits per heavy atom. The Kier molecular flexibility index (Phi) is 7.29. The van der Waals surface area contributed by atoms with E-state index in [-0.39, 0.29) is 11.8 Å². The predicted molar refractivity (Wildman–Crippen MR) is 184 cm³/mol. The molecule has 1 aliphatic heterocycles. The molecule has 3 aromatic carbocycles. The number of pyridine rings is 2.